The van der Waals surface area contributed by atoms with Gasteiger partial charge in [0, 0.05) is 19.3 Å². The largest absolute Gasteiger partial charge is 0.462 e. The maximum Gasteiger partial charge on any atom is 0.306 e. The van der Waals surface area contributed by atoms with E-state index < -0.39 is 6.10 Å². The SMILES string of the molecule is CC/C=C\C/C=C\C/C=C\C/C=C\C/C=C\C/C=C\CCCCCCCCCCCCCCCCC(=O)OCC(COC(=O)CCCCCCC/C=C\CCC)OC(=O)CCCCCCCCCCC/C=C\C/C=C\CCCCCCC. The fraction of sp³-hybridized carbons (Fsp3) is 0.724. The molecule has 0 rings (SSSR count). The average molecular weight is 1140 g/mol. The zero-order valence-electron chi connectivity index (χ0n) is 54.0. The maximum atomic E-state index is 12.9. The van der Waals surface area contributed by atoms with Gasteiger partial charge >= 0.3 is 17.9 Å². The number of esters is 3. The lowest BCUT2D eigenvalue weighted by molar-refractivity contribution is -0.167. The molecule has 0 bridgehead atoms. The third-order valence-electron chi connectivity index (χ3n) is 15.0. The van der Waals surface area contributed by atoms with E-state index in [1.54, 1.807) is 0 Å². The van der Waals surface area contributed by atoms with Crippen LogP contribution in [0.1, 0.15) is 335 Å². The van der Waals surface area contributed by atoms with Gasteiger partial charge in [0.25, 0.3) is 0 Å². The molecule has 0 saturated carbocycles. The van der Waals surface area contributed by atoms with Gasteiger partial charge in [-0.05, 0) is 122 Å². The Morgan fingerprint density at radius 1 is 0.256 bits per heavy atom. The highest BCUT2D eigenvalue weighted by atomic mass is 16.6. The molecule has 0 aliphatic carbocycles. The lowest BCUT2D eigenvalue weighted by atomic mass is 10.0. The average Bonchev–Trinajstić information content (AvgIpc) is 3.48. The van der Waals surface area contributed by atoms with Crippen molar-refractivity contribution in [3.8, 4) is 0 Å². The van der Waals surface area contributed by atoms with Gasteiger partial charge in [-0.3, -0.25) is 14.4 Å². The van der Waals surface area contributed by atoms with E-state index in [0.717, 1.165) is 116 Å². The van der Waals surface area contributed by atoms with E-state index in [2.05, 4.69) is 130 Å². The smallest absolute Gasteiger partial charge is 0.306 e. The van der Waals surface area contributed by atoms with E-state index in [0.29, 0.717) is 19.3 Å². The predicted molar refractivity (Wildman–Crippen MR) is 357 cm³/mol. The van der Waals surface area contributed by atoms with Crippen LogP contribution in [-0.4, -0.2) is 37.2 Å². The van der Waals surface area contributed by atoms with E-state index in [-0.39, 0.29) is 31.1 Å². The van der Waals surface area contributed by atoms with Gasteiger partial charge in [-0.25, -0.2) is 0 Å². The summed E-state index contributed by atoms with van der Waals surface area (Å²) in [5.41, 5.74) is 0. The van der Waals surface area contributed by atoms with Crippen molar-refractivity contribution in [1.29, 1.82) is 0 Å². The molecule has 0 aromatic rings. The molecule has 0 spiro atoms. The van der Waals surface area contributed by atoms with Crippen LogP contribution >= 0.6 is 0 Å². The molecule has 0 aliphatic rings. The first-order chi connectivity index (χ1) is 40.5. The van der Waals surface area contributed by atoms with Crippen LogP contribution in [-0.2, 0) is 28.6 Å². The molecule has 6 nitrogen and oxygen atoms in total. The summed E-state index contributed by atoms with van der Waals surface area (Å²) >= 11 is 0. The maximum absolute atomic E-state index is 12.9. The number of rotatable bonds is 63. The minimum absolute atomic E-state index is 0.0808. The first-order valence-corrected chi connectivity index (χ1v) is 34.9. The van der Waals surface area contributed by atoms with E-state index in [4.69, 9.17) is 14.2 Å². The van der Waals surface area contributed by atoms with Gasteiger partial charge in [-0.2, -0.15) is 0 Å². The molecular weight excluding hydrogens is 1010 g/mol. The van der Waals surface area contributed by atoms with Gasteiger partial charge in [0.15, 0.2) is 6.10 Å². The predicted octanol–water partition coefficient (Wildman–Crippen LogP) is 24.2. The topological polar surface area (TPSA) is 78.9 Å². The van der Waals surface area contributed by atoms with Crippen molar-refractivity contribution in [2.45, 2.75) is 341 Å². The fourth-order valence-corrected chi connectivity index (χ4v) is 9.78. The van der Waals surface area contributed by atoms with Gasteiger partial charge in [0.05, 0.1) is 0 Å². The number of hydrogen-bond donors (Lipinski definition) is 0. The van der Waals surface area contributed by atoms with Gasteiger partial charge in [-0.15, -0.1) is 0 Å². The quantitative estimate of drug-likeness (QED) is 0.0261. The number of allylic oxidation sites excluding steroid dienone is 18. The molecule has 0 heterocycles. The number of carbonyl (C=O) groups is 3. The Morgan fingerprint density at radius 3 is 0.805 bits per heavy atom. The zero-order chi connectivity index (χ0) is 59.2. The van der Waals surface area contributed by atoms with E-state index in [1.807, 2.05) is 0 Å². The summed E-state index contributed by atoms with van der Waals surface area (Å²) in [7, 11) is 0. The lowest BCUT2D eigenvalue weighted by Gasteiger charge is -2.18. The second-order valence-electron chi connectivity index (χ2n) is 23.1. The Kier molecular flexibility index (Phi) is 66.2. The van der Waals surface area contributed by atoms with Gasteiger partial charge in [0.2, 0.25) is 0 Å². The summed E-state index contributed by atoms with van der Waals surface area (Å²) in [5.74, 6) is -0.885. The Labute approximate surface area is 508 Å². The normalized spacial score (nSPS) is 12.8. The van der Waals surface area contributed by atoms with Crippen LogP contribution in [0.4, 0.5) is 0 Å². The third kappa shape index (κ3) is 66.9. The first-order valence-electron chi connectivity index (χ1n) is 34.9. The number of carbonyl (C=O) groups excluding carboxylic acids is 3. The molecule has 0 N–H and O–H groups in total. The lowest BCUT2D eigenvalue weighted by Crippen LogP contribution is -2.30. The molecule has 0 saturated heterocycles. The first kappa shape index (κ1) is 78.1. The minimum Gasteiger partial charge on any atom is -0.462 e. The molecule has 0 amide bonds. The summed E-state index contributed by atoms with van der Waals surface area (Å²) in [6, 6.07) is 0. The monoisotopic (exact) mass is 1140 g/mol. The molecule has 6 heteroatoms. The Balaban J connectivity index is 4.16. The minimum atomic E-state index is -0.784. The second-order valence-corrected chi connectivity index (χ2v) is 23.1. The molecule has 0 aliphatic heterocycles. The van der Waals surface area contributed by atoms with Crippen LogP contribution in [0, 0.1) is 0 Å². The highest BCUT2D eigenvalue weighted by molar-refractivity contribution is 5.71. The van der Waals surface area contributed by atoms with Crippen molar-refractivity contribution in [1.82, 2.24) is 0 Å². The summed E-state index contributed by atoms with van der Waals surface area (Å²) < 4.78 is 16.9. The Bertz CT molecular complexity index is 1640. The van der Waals surface area contributed by atoms with Gasteiger partial charge in [0.1, 0.15) is 13.2 Å². The molecule has 0 aromatic carbocycles. The molecule has 1 atom stereocenters. The molecule has 0 fully saturated rings. The highest BCUT2D eigenvalue weighted by Crippen LogP contribution is 2.17. The van der Waals surface area contributed by atoms with E-state index in [1.165, 1.54) is 180 Å². The number of ether oxygens (including phenoxy) is 3. The molecule has 0 radical (unpaired) electrons. The summed E-state index contributed by atoms with van der Waals surface area (Å²) in [6.45, 7) is 6.47. The Morgan fingerprint density at radius 2 is 0.500 bits per heavy atom. The van der Waals surface area contributed by atoms with Gasteiger partial charge in [-0.1, -0.05) is 304 Å². The van der Waals surface area contributed by atoms with Crippen molar-refractivity contribution in [2.75, 3.05) is 13.2 Å². The van der Waals surface area contributed by atoms with Crippen molar-refractivity contribution in [2.24, 2.45) is 0 Å². The van der Waals surface area contributed by atoms with Crippen LogP contribution in [0.2, 0.25) is 0 Å². The van der Waals surface area contributed by atoms with Crippen molar-refractivity contribution >= 4 is 17.9 Å². The zero-order valence-corrected chi connectivity index (χ0v) is 54.0. The standard InChI is InChI=1S/C76H130O6/c1-4-7-10-13-16-19-22-24-26-28-30-32-33-34-35-36-37-38-39-40-41-42-43-45-46-48-50-52-54-57-60-63-66-69-75(78)81-72-73(71-80-74(77)68-65-62-59-56-21-18-15-12-9-6-3)82-76(79)70-67-64-61-58-55-53-51-49-47-44-31-29-27-25-23-20-17-14-11-8-5-2/h7,10,12,15-16,19,23-26,29-32,34-35,37-38,73H,4-6,8-9,11,13-14,17-18,20-22,27-28,33,36,39-72H2,1-3H3/b10-7-,15-12-,19-16-,25-23-,26-24-,31-29-,32-30-,35-34-,38-37-. The van der Waals surface area contributed by atoms with E-state index in [9.17, 15) is 14.4 Å². The van der Waals surface area contributed by atoms with Crippen LogP contribution in [0.25, 0.3) is 0 Å². The highest BCUT2D eigenvalue weighted by Gasteiger charge is 2.19. The third-order valence-corrected chi connectivity index (χ3v) is 15.0. The van der Waals surface area contributed by atoms with Crippen LogP contribution in [0.3, 0.4) is 0 Å². The molecule has 82 heavy (non-hydrogen) atoms. The van der Waals surface area contributed by atoms with Crippen LogP contribution in [0.5, 0.6) is 0 Å². The number of hydrogen-bond acceptors (Lipinski definition) is 6. The molecule has 470 valence electrons. The fourth-order valence-electron chi connectivity index (χ4n) is 9.78. The second kappa shape index (κ2) is 69.6. The van der Waals surface area contributed by atoms with Crippen molar-refractivity contribution in [3.05, 3.63) is 109 Å². The van der Waals surface area contributed by atoms with E-state index >= 15 is 0 Å². The summed E-state index contributed by atoms with van der Waals surface area (Å²) in [6.07, 6.45) is 95.5. The van der Waals surface area contributed by atoms with Crippen molar-refractivity contribution < 1.29 is 28.6 Å². The molecule has 0 aromatic heterocycles. The van der Waals surface area contributed by atoms with Gasteiger partial charge < -0.3 is 14.2 Å². The number of unbranched alkanes of at least 4 members (excludes halogenated alkanes) is 34. The Hall–Kier alpha value is -3.93. The molecular formula is C76H130O6. The summed E-state index contributed by atoms with van der Waals surface area (Å²) in [5, 5.41) is 0. The van der Waals surface area contributed by atoms with Crippen LogP contribution in [0.15, 0.2) is 109 Å². The summed E-state index contributed by atoms with van der Waals surface area (Å²) in [4.78, 5) is 38.3. The van der Waals surface area contributed by atoms with Crippen LogP contribution < -0.4 is 0 Å². The molecule has 1 unspecified atom stereocenters. The van der Waals surface area contributed by atoms with Crippen molar-refractivity contribution in [3.63, 3.8) is 0 Å².